The van der Waals surface area contributed by atoms with E-state index in [2.05, 4.69) is 0 Å². The first kappa shape index (κ1) is 18.9. The Morgan fingerprint density at radius 3 is 2.21 bits per heavy atom. The smallest absolute Gasteiger partial charge is 0.282 e. The van der Waals surface area contributed by atoms with Gasteiger partial charge in [0.05, 0.1) is 16.2 Å². The second-order valence-corrected chi connectivity index (χ2v) is 7.46. The van der Waals surface area contributed by atoms with Gasteiger partial charge in [0, 0.05) is 25.2 Å². The number of nitro benzene ring substituents is 1. The number of nitrogens with zero attached hydrogens (tertiary/aromatic N) is 3. The Hall–Kier alpha value is -3.48. The van der Waals surface area contributed by atoms with Crippen molar-refractivity contribution < 1.29 is 14.5 Å². The highest BCUT2D eigenvalue weighted by Crippen LogP contribution is 2.37. The largest absolute Gasteiger partial charge is 0.366 e. The van der Waals surface area contributed by atoms with E-state index in [1.165, 1.54) is 17.0 Å². The fourth-order valence-electron chi connectivity index (χ4n) is 3.94. The molecule has 0 bridgehead atoms. The molecule has 2 amide bonds. The Morgan fingerprint density at radius 2 is 1.59 bits per heavy atom. The van der Waals surface area contributed by atoms with Crippen molar-refractivity contribution in [1.29, 1.82) is 0 Å². The summed E-state index contributed by atoms with van der Waals surface area (Å²) in [6, 6.07) is 11.5. The minimum Gasteiger partial charge on any atom is -0.366 e. The van der Waals surface area contributed by atoms with Gasteiger partial charge >= 0.3 is 0 Å². The lowest BCUT2D eigenvalue weighted by atomic mass is 10.0. The van der Waals surface area contributed by atoms with E-state index in [4.69, 9.17) is 0 Å². The fourth-order valence-corrected chi connectivity index (χ4v) is 3.94. The van der Waals surface area contributed by atoms with Crippen LogP contribution in [-0.4, -0.2) is 34.7 Å². The highest BCUT2D eigenvalue weighted by Gasteiger charge is 2.43. The molecule has 7 nitrogen and oxygen atoms in total. The highest BCUT2D eigenvalue weighted by molar-refractivity contribution is 6.45. The van der Waals surface area contributed by atoms with Crippen LogP contribution in [0.5, 0.6) is 0 Å². The number of likely N-dealkylation sites (tertiary alicyclic amines) is 1. The summed E-state index contributed by atoms with van der Waals surface area (Å²) in [5.74, 6) is -0.724. The molecule has 0 aliphatic carbocycles. The van der Waals surface area contributed by atoms with Gasteiger partial charge in [0.25, 0.3) is 17.5 Å². The van der Waals surface area contributed by atoms with Gasteiger partial charge in [-0.15, -0.1) is 0 Å². The molecule has 0 atom stereocenters. The van der Waals surface area contributed by atoms with Crippen molar-refractivity contribution in [3.8, 4) is 0 Å². The van der Waals surface area contributed by atoms with Crippen molar-refractivity contribution in [1.82, 2.24) is 4.90 Å². The SMILES string of the molecule is Cc1ccc(C)c(N2C(=O)C(c3ccc([N+](=O)[O-])cc3)=C(N3CCCC3)C2=O)c1. The van der Waals surface area contributed by atoms with Crippen LogP contribution in [-0.2, 0) is 9.59 Å². The maximum Gasteiger partial charge on any atom is 0.282 e. The van der Waals surface area contributed by atoms with Crippen LogP contribution in [0.25, 0.3) is 5.57 Å². The number of carbonyl (C=O) groups excluding carboxylic acids is 2. The van der Waals surface area contributed by atoms with Crippen LogP contribution in [0.15, 0.2) is 48.2 Å². The first-order valence-electron chi connectivity index (χ1n) is 9.58. The van der Waals surface area contributed by atoms with Gasteiger partial charge in [-0.05, 0) is 61.6 Å². The highest BCUT2D eigenvalue weighted by atomic mass is 16.6. The summed E-state index contributed by atoms with van der Waals surface area (Å²) in [7, 11) is 0. The Balaban J connectivity index is 1.84. The van der Waals surface area contributed by atoms with E-state index in [1.54, 1.807) is 12.1 Å². The summed E-state index contributed by atoms with van der Waals surface area (Å²) in [5.41, 5.74) is 3.54. The summed E-state index contributed by atoms with van der Waals surface area (Å²) in [5, 5.41) is 11.0. The number of hydrogen-bond acceptors (Lipinski definition) is 5. The predicted molar refractivity (Wildman–Crippen MR) is 109 cm³/mol. The maximum absolute atomic E-state index is 13.5. The average molecular weight is 391 g/mol. The van der Waals surface area contributed by atoms with Crippen LogP contribution < -0.4 is 4.90 Å². The minimum atomic E-state index is -0.483. The van der Waals surface area contributed by atoms with Crippen molar-refractivity contribution in [2.75, 3.05) is 18.0 Å². The van der Waals surface area contributed by atoms with Crippen molar-refractivity contribution >= 4 is 28.8 Å². The van der Waals surface area contributed by atoms with E-state index in [9.17, 15) is 19.7 Å². The molecule has 148 valence electrons. The molecule has 4 rings (SSSR count). The van der Waals surface area contributed by atoms with Crippen LogP contribution in [0.3, 0.4) is 0 Å². The minimum absolute atomic E-state index is 0.0553. The third-order valence-corrected chi connectivity index (χ3v) is 5.45. The molecule has 2 aliphatic rings. The van der Waals surface area contributed by atoms with Gasteiger partial charge in [0.2, 0.25) is 0 Å². The number of non-ortho nitro benzene ring substituents is 1. The average Bonchev–Trinajstić information content (AvgIpc) is 3.30. The van der Waals surface area contributed by atoms with E-state index < -0.39 is 4.92 Å². The van der Waals surface area contributed by atoms with Crippen LogP contribution in [0.4, 0.5) is 11.4 Å². The van der Waals surface area contributed by atoms with Crippen LogP contribution in [0.2, 0.25) is 0 Å². The molecule has 2 aromatic rings. The summed E-state index contributed by atoms with van der Waals surface area (Å²) in [6.07, 6.45) is 1.92. The summed E-state index contributed by atoms with van der Waals surface area (Å²) < 4.78 is 0. The Labute approximate surface area is 168 Å². The molecule has 2 aliphatic heterocycles. The molecule has 0 unspecified atom stereocenters. The zero-order valence-electron chi connectivity index (χ0n) is 16.3. The monoisotopic (exact) mass is 391 g/mol. The Kier molecular flexibility index (Phi) is 4.66. The number of nitro groups is 1. The summed E-state index contributed by atoms with van der Waals surface area (Å²) in [6.45, 7) is 5.21. The lowest BCUT2D eigenvalue weighted by molar-refractivity contribution is -0.384. The van der Waals surface area contributed by atoms with Crippen molar-refractivity contribution in [2.45, 2.75) is 26.7 Å². The third-order valence-electron chi connectivity index (χ3n) is 5.45. The molecule has 29 heavy (non-hydrogen) atoms. The zero-order chi connectivity index (χ0) is 20.7. The van der Waals surface area contributed by atoms with Crippen LogP contribution in [0, 0.1) is 24.0 Å². The standard InChI is InChI=1S/C22H21N3O4/c1-14-5-6-15(2)18(13-14)24-21(26)19(16-7-9-17(10-8-16)25(28)29)20(22(24)27)23-11-3-4-12-23/h5-10,13H,3-4,11-12H2,1-2H3. The molecule has 1 saturated heterocycles. The molecular formula is C22H21N3O4. The van der Waals surface area contributed by atoms with Crippen molar-refractivity contribution in [2.24, 2.45) is 0 Å². The summed E-state index contributed by atoms with van der Waals surface area (Å²) in [4.78, 5) is 40.6. The number of carbonyl (C=O) groups is 2. The number of anilines is 1. The number of imide groups is 1. The second kappa shape index (κ2) is 7.16. The van der Waals surface area contributed by atoms with Crippen LogP contribution in [0.1, 0.15) is 29.5 Å². The molecule has 0 radical (unpaired) electrons. The van der Waals surface area contributed by atoms with Gasteiger partial charge < -0.3 is 4.90 Å². The molecule has 2 aromatic carbocycles. The van der Waals surface area contributed by atoms with Gasteiger partial charge in [-0.3, -0.25) is 19.7 Å². The molecule has 0 N–H and O–H groups in total. The van der Waals surface area contributed by atoms with Crippen molar-refractivity contribution in [3.05, 3.63) is 75.0 Å². The fraction of sp³-hybridized carbons (Fsp3) is 0.273. The maximum atomic E-state index is 13.5. The van der Waals surface area contributed by atoms with E-state index in [0.29, 0.717) is 35.6 Å². The van der Waals surface area contributed by atoms with E-state index >= 15 is 0 Å². The lowest BCUT2D eigenvalue weighted by Gasteiger charge is -2.21. The quantitative estimate of drug-likeness (QED) is 0.452. The second-order valence-electron chi connectivity index (χ2n) is 7.46. The number of aryl methyl sites for hydroxylation is 2. The Morgan fingerprint density at radius 1 is 0.931 bits per heavy atom. The number of benzene rings is 2. The van der Waals surface area contributed by atoms with Gasteiger partial charge in [0.15, 0.2) is 0 Å². The molecular weight excluding hydrogens is 370 g/mol. The van der Waals surface area contributed by atoms with Gasteiger partial charge in [-0.25, -0.2) is 4.90 Å². The van der Waals surface area contributed by atoms with Gasteiger partial charge in [-0.1, -0.05) is 12.1 Å². The molecule has 0 aromatic heterocycles. The zero-order valence-corrected chi connectivity index (χ0v) is 16.3. The first-order chi connectivity index (χ1) is 13.9. The van der Waals surface area contributed by atoms with Gasteiger partial charge in [-0.2, -0.15) is 0 Å². The lowest BCUT2D eigenvalue weighted by Crippen LogP contribution is -2.35. The third kappa shape index (κ3) is 3.18. The van der Waals surface area contributed by atoms with Crippen molar-refractivity contribution in [3.63, 3.8) is 0 Å². The van der Waals surface area contributed by atoms with E-state index in [1.807, 2.05) is 36.9 Å². The number of hydrogen-bond donors (Lipinski definition) is 0. The first-order valence-corrected chi connectivity index (χ1v) is 9.58. The van der Waals surface area contributed by atoms with Crippen LogP contribution >= 0.6 is 0 Å². The van der Waals surface area contributed by atoms with Gasteiger partial charge in [0.1, 0.15) is 5.70 Å². The molecule has 0 saturated carbocycles. The molecule has 2 heterocycles. The number of rotatable bonds is 4. The topological polar surface area (TPSA) is 83.8 Å². The number of amides is 2. The molecule has 1 fully saturated rings. The summed E-state index contributed by atoms with van der Waals surface area (Å²) >= 11 is 0. The normalized spacial score (nSPS) is 16.9. The van der Waals surface area contributed by atoms with E-state index in [0.717, 1.165) is 24.0 Å². The predicted octanol–water partition coefficient (Wildman–Crippen LogP) is 3.59. The molecule has 7 heteroatoms. The Bertz CT molecular complexity index is 1050. The molecule has 0 spiro atoms. The van der Waals surface area contributed by atoms with E-state index in [-0.39, 0.29) is 17.5 Å².